The minimum absolute atomic E-state index is 0.696. The Hall–Kier alpha value is -1.13. The first kappa shape index (κ1) is 15.3. The molecular weight excluding hydrogens is 284 g/mol. The van der Waals surface area contributed by atoms with Crippen molar-refractivity contribution < 1.29 is 0 Å². The quantitative estimate of drug-likeness (QED) is 0.788. The van der Waals surface area contributed by atoms with E-state index in [0.29, 0.717) is 10.6 Å². The van der Waals surface area contributed by atoms with Crippen LogP contribution in [0.5, 0.6) is 0 Å². The van der Waals surface area contributed by atoms with Gasteiger partial charge in [-0.2, -0.15) is 11.8 Å². The molecule has 0 unspecified atom stereocenters. The molecule has 0 aliphatic heterocycles. The SMILES string of the molecule is Cc1c(-c2ccccc2)[nH]c(CSCC(C)C)nc1=S. The third-order valence-corrected chi connectivity index (χ3v) is 4.73. The van der Waals surface area contributed by atoms with Gasteiger partial charge in [-0.15, -0.1) is 0 Å². The van der Waals surface area contributed by atoms with E-state index in [2.05, 4.69) is 35.9 Å². The molecule has 0 atom stereocenters. The minimum atomic E-state index is 0.696. The van der Waals surface area contributed by atoms with E-state index in [1.54, 1.807) is 0 Å². The van der Waals surface area contributed by atoms with Crippen LogP contribution in [0.25, 0.3) is 11.3 Å². The fourth-order valence-corrected chi connectivity index (χ4v) is 3.06. The second-order valence-electron chi connectivity index (χ2n) is 5.26. The molecule has 106 valence electrons. The molecule has 0 radical (unpaired) electrons. The van der Waals surface area contributed by atoms with Gasteiger partial charge in [0, 0.05) is 5.56 Å². The number of H-pyrrole nitrogens is 1. The van der Waals surface area contributed by atoms with Crippen LogP contribution < -0.4 is 0 Å². The van der Waals surface area contributed by atoms with Crippen LogP contribution in [0.3, 0.4) is 0 Å². The predicted molar refractivity (Wildman–Crippen MR) is 90.6 cm³/mol. The number of rotatable bonds is 5. The average Bonchev–Trinajstić information content (AvgIpc) is 2.43. The molecule has 1 heterocycles. The lowest BCUT2D eigenvalue weighted by Crippen LogP contribution is -2.01. The number of aromatic nitrogens is 2. The Labute approximate surface area is 130 Å². The highest BCUT2D eigenvalue weighted by Gasteiger charge is 2.07. The molecule has 1 aromatic heterocycles. The third kappa shape index (κ3) is 3.93. The molecule has 2 aromatic rings. The summed E-state index contributed by atoms with van der Waals surface area (Å²) in [7, 11) is 0. The van der Waals surface area contributed by atoms with Crippen LogP contribution in [0, 0.1) is 17.5 Å². The normalized spacial score (nSPS) is 11.0. The number of thioether (sulfide) groups is 1. The molecule has 4 heteroatoms. The maximum Gasteiger partial charge on any atom is 0.133 e. The lowest BCUT2D eigenvalue weighted by atomic mass is 10.1. The van der Waals surface area contributed by atoms with E-state index in [1.165, 1.54) is 0 Å². The molecule has 0 aliphatic rings. The van der Waals surface area contributed by atoms with Crippen molar-refractivity contribution in [3.8, 4) is 11.3 Å². The summed E-state index contributed by atoms with van der Waals surface area (Å²) in [4.78, 5) is 7.94. The second-order valence-corrected chi connectivity index (χ2v) is 6.68. The fraction of sp³-hybridized carbons (Fsp3) is 0.375. The van der Waals surface area contributed by atoms with Crippen LogP contribution in [0.4, 0.5) is 0 Å². The molecule has 0 amide bonds. The predicted octanol–water partition coefficient (Wildman–Crippen LogP) is 5.00. The number of nitrogens with zero attached hydrogens (tertiary/aromatic N) is 1. The van der Waals surface area contributed by atoms with Gasteiger partial charge in [0.15, 0.2) is 0 Å². The Bertz CT molecular complexity index is 618. The van der Waals surface area contributed by atoms with Crippen molar-refractivity contribution in [1.82, 2.24) is 9.97 Å². The maximum absolute atomic E-state index is 5.39. The van der Waals surface area contributed by atoms with Crippen molar-refractivity contribution >= 4 is 24.0 Å². The standard InChI is InChI=1S/C16H20N2S2/c1-11(2)9-20-10-14-17-15(12(3)16(19)18-14)13-7-5-4-6-8-13/h4-8,11H,9-10H2,1-3H3,(H,17,18,19). The number of benzene rings is 1. The topological polar surface area (TPSA) is 28.7 Å². The van der Waals surface area contributed by atoms with Gasteiger partial charge in [0.2, 0.25) is 0 Å². The van der Waals surface area contributed by atoms with Gasteiger partial charge in [0.05, 0.1) is 11.4 Å². The summed E-state index contributed by atoms with van der Waals surface area (Å²) >= 11 is 7.28. The monoisotopic (exact) mass is 304 g/mol. The maximum atomic E-state index is 5.39. The van der Waals surface area contributed by atoms with Gasteiger partial charge < -0.3 is 4.98 Å². The van der Waals surface area contributed by atoms with Gasteiger partial charge in [-0.05, 0) is 24.2 Å². The zero-order valence-electron chi connectivity index (χ0n) is 12.1. The van der Waals surface area contributed by atoms with Crippen molar-refractivity contribution in [2.45, 2.75) is 26.5 Å². The Morgan fingerprint density at radius 1 is 1.25 bits per heavy atom. The molecule has 20 heavy (non-hydrogen) atoms. The summed E-state index contributed by atoms with van der Waals surface area (Å²) in [6.07, 6.45) is 0. The second kappa shape index (κ2) is 7.04. The molecule has 0 aliphatic carbocycles. The van der Waals surface area contributed by atoms with Crippen molar-refractivity contribution in [3.63, 3.8) is 0 Å². The molecule has 2 rings (SSSR count). The molecule has 0 fully saturated rings. The lowest BCUT2D eigenvalue weighted by Gasteiger charge is -2.10. The van der Waals surface area contributed by atoms with E-state index in [1.807, 2.05) is 36.9 Å². The Balaban J connectivity index is 2.29. The summed E-state index contributed by atoms with van der Waals surface area (Å²) in [5.74, 6) is 3.67. The summed E-state index contributed by atoms with van der Waals surface area (Å²) in [6.45, 7) is 6.49. The highest BCUT2D eigenvalue weighted by Crippen LogP contribution is 2.22. The molecule has 0 saturated heterocycles. The van der Waals surface area contributed by atoms with Crippen molar-refractivity contribution in [2.75, 3.05) is 5.75 Å². The molecule has 0 saturated carbocycles. The van der Waals surface area contributed by atoms with Gasteiger partial charge in [-0.25, -0.2) is 4.98 Å². The molecule has 2 nitrogen and oxygen atoms in total. The van der Waals surface area contributed by atoms with E-state index >= 15 is 0 Å². The van der Waals surface area contributed by atoms with E-state index in [0.717, 1.165) is 34.2 Å². The van der Waals surface area contributed by atoms with Crippen molar-refractivity contribution in [2.24, 2.45) is 5.92 Å². The highest BCUT2D eigenvalue weighted by atomic mass is 32.2. The van der Waals surface area contributed by atoms with Crippen LogP contribution in [0.1, 0.15) is 25.2 Å². The van der Waals surface area contributed by atoms with Gasteiger partial charge in [0.1, 0.15) is 10.5 Å². The van der Waals surface area contributed by atoms with Crippen LogP contribution in [0.2, 0.25) is 0 Å². The smallest absolute Gasteiger partial charge is 0.133 e. The molecular formula is C16H20N2S2. The van der Waals surface area contributed by atoms with Gasteiger partial charge >= 0.3 is 0 Å². The number of aromatic amines is 1. The largest absolute Gasteiger partial charge is 0.342 e. The van der Waals surface area contributed by atoms with E-state index in [-0.39, 0.29) is 0 Å². The van der Waals surface area contributed by atoms with Crippen LogP contribution in [0.15, 0.2) is 30.3 Å². The fourth-order valence-electron chi connectivity index (χ4n) is 1.93. The summed E-state index contributed by atoms with van der Waals surface area (Å²) in [5, 5.41) is 0. The first-order chi connectivity index (χ1) is 9.58. The molecule has 1 aromatic carbocycles. The Morgan fingerprint density at radius 2 is 1.95 bits per heavy atom. The van der Waals surface area contributed by atoms with E-state index < -0.39 is 0 Å². The minimum Gasteiger partial charge on any atom is -0.342 e. The first-order valence-electron chi connectivity index (χ1n) is 6.81. The van der Waals surface area contributed by atoms with Gasteiger partial charge in [0.25, 0.3) is 0 Å². The molecule has 1 N–H and O–H groups in total. The molecule has 0 spiro atoms. The first-order valence-corrected chi connectivity index (χ1v) is 8.37. The van der Waals surface area contributed by atoms with Gasteiger partial charge in [-0.3, -0.25) is 0 Å². The third-order valence-electron chi connectivity index (χ3n) is 2.95. The number of hydrogen-bond donors (Lipinski definition) is 1. The number of nitrogens with one attached hydrogen (secondary N) is 1. The summed E-state index contributed by atoms with van der Waals surface area (Å²) in [6, 6.07) is 10.3. The zero-order valence-corrected chi connectivity index (χ0v) is 13.8. The van der Waals surface area contributed by atoms with Crippen LogP contribution in [-0.2, 0) is 5.75 Å². The molecule has 0 bridgehead atoms. The Morgan fingerprint density at radius 3 is 2.60 bits per heavy atom. The summed E-state index contributed by atoms with van der Waals surface area (Å²) < 4.78 is 0.697. The Kier molecular flexibility index (Phi) is 5.38. The van der Waals surface area contributed by atoms with E-state index in [9.17, 15) is 0 Å². The average molecular weight is 304 g/mol. The van der Waals surface area contributed by atoms with Crippen LogP contribution >= 0.6 is 24.0 Å². The highest BCUT2D eigenvalue weighted by molar-refractivity contribution is 7.98. The summed E-state index contributed by atoms with van der Waals surface area (Å²) in [5.41, 5.74) is 3.29. The lowest BCUT2D eigenvalue weighted by molar-refractivity contribution is 0.749. The van der Waals surface area contributed by atoms with Crippen molar-refractivity contribution in [3.05, 3.63) is 46.4 Å². The van der Waals surface area contributed by atoms with Crippen LogP contribution in [-0.4, -0.2) is 15.7 Å². The van der Waals surface area contributed by atoms with Crippen molar-refractivity contribution in [1.29, 1.82) is 0 Å². The zero-order chi connectivity index (χ0) is 14.5. The van der Waals surface area contributed by atoms with Gasteiger partial charge in [-0.1, -0.05) is 56.4 Å². The number of hydrogen-bond acceptors (Lipinski definition) is 3. The van der Waals surface area contributed by atoms with E-state index in [4.69, 9.17) is 12.2 Å².